The van der Waals surface area contributed by atoms with Gasteiger partial charge in [0.1, 0.15) is 0 Å². The molecular formula is C27H23N3O2. The molecule has 5 rings (SSSR count). The van der Waals surface area contributed by atoms with Crippen molar-refractivity contribution in [3.8, 4) is 0 Å². The molecule has 2 aliphatic carbocycles. The molecule has 2 aromatic carbocycles. The number of allylic oxidation sites excluding steroid dienone is 4. The van der Waals surface area contributed by atoms with Gasteiger partial charge in [0.15, 0.2) is 5.78 Å². The second-order valence-corrected chi connectivity index (χ2v) is 8.14. The quantitative estimate of drug-likeness (QED) is 0.653. The molecule has 1 amide bonds. The molecule has 2 aliphatic rings. The summed E-state index contributed by atoms with van der Waals surface area (Å²) in [4.78, 5) is 25.4. The first-order valence-corrected chi connectivity index (χ1v) is 10.7. The van der Waals surface area contributed by atoms with Crippen molar-refractivity contribution in [3.63, 3.8) is 0 Å². The first-order chi connectivity index (χ1) is 15.6. The number of nitrogens with zero attached hydrogens (tertiary/aromatic N) is 2. The molecule has 5 nitrogen and oxygen atoms in total. The molecule has 0 bridgehead atoms. The van der Waals surface area contributed by atoms with E-state index in [2.05, 4.69) is 28.6 Å². The zero-order chi connectivity index (χ0) is 22.1. The molecule has 1 heterocycles. The summed E-state index contributed by atoms with van der Waals surface area (Å²) in [7, 11) is 0. The Bertz CT molecular complexity index is 1300. The molecule has 3 aromatic rings. The van der Waals surface area contributed by atoms with Crippen molar-refractivity contribution in [2.45, 2.75) is 25.8 Å². The lowest BCUT2D eigenvalue weighted by Crippen LogP contribution is -2.24. The van der Waals surface area contributed by atoms with Crippen LogP contribution in [0, 0.1) is 0 Å². The number of nitrogens with one attached hydrogen (secondary N) is 1. The number of benzene rings is 2. The molecule has 0 spiro atoms. The van der Waals surface area contributed by atoms with Crippen LogP contribution in [0.2, 0.25) is 0 Å². The number of Topliss-reactive ketones (excluding diaryl/α,β-unsaturated/α-hetero) is 1. The average molecular weight is 422 g/mol. The highest BCUT2D eigenvalue weighted by Crippen LogP contribution is 2.32. The molecule has 1 atom stereocenters. The van der Waals surface area contributed by atoms with Crippen molar-refractivity contribution in [2.75, 3.05) is 0 Å². The van der Waals surface area contributed by atoms with Crippen LogP contribution in [0.5, 0.6) is 0 Å². The second kappa shape index (κ2) is 8.27. The summed E-state index contributed by atoms with van der Waals surface area (Å²) in [5, 5.41) is 7.31. The van der Waals surface area contributed by atoms with Gasteiger partial charge in [-0.3, -0.25) is 14.3 Å². The van der Waals surface area contributed by atoms with Crippen LogP contribution in [-0.4, -0.2) is 21.5 Å². The smallest absolute Gasteiger partial charge is 0.258 e. The van der Waals surface area contributed by atoms with E-state index in [9.17, 15) is 9.59 Å². The average Bonchev–Trinajstić information content (AvgIpc) is 3.48. The molecule has 0 radical (unpaired) electrons. The van der Waals surface area contributed by atoms with Gasteiger partial charge in [0.2, 0.25) is 0 Å². The van der Waals surface area contributed by atoms with Crippen molar-refractivity contribution in [1.29, 1.82) is 0 Å². The summed E-state index contributed by atoms with van der Waals surface area (Å²) >= 11 is 0. The number of aromatic nitrogens is 2. The zero-order valence-electron chi connectivity index (χ0n) is 17.8. The number of hydrogen-bond donors (Lipinski definition) is 1. The molecule has 1 aromatic heterocycles. The van der Waals surface area contributed by atoms with E-state index in [0.29, 0.717) is 16.8 Å². The second-order valence-electron chi connectivity index (χ2n) is 8.14. The third-order valence-electron chi connectivity index (χ3n) is 6.02. The lowest BCUT2D eigenvalue weighted by Gasteiger charge is -2.15. The molecule has 32 heavy (non-hydrogen) atoms. The SMILES string of the molecule is CC(c1ccccc1)n1cc(C(=O)NC2=CCC(=O)C(C3=Cc4ccccc4C3)=C2)cn1. The topological polar surface area (TPSA) is 64.0 Å². The van der Waals surface area contributed by atoms with Crippen molar-refractivity contribution < 1.29 is 9.59 Å². The Labute approximate surface area is 186 Å². The Morgan fingerprint density at radius 3 is 2.66 bits per heavy atom. The van der Waals surface area contributed by atoms with Crippen molar-refractivity contribution in [2.24, 2.45) is 0 Å². The number of rotatable bonds is 5. The van der Waals surface area contributed by atoms with Gasteiger partial charge in [0.25, 0.3) is 5.91 Å². The molecule has 0 fully saturated rings. The lowest BCUT2D eigenvalue weighted by molar-refractivity contribution is -0.114. The standard InChI is InChI=1S/C27H23N3O2/c1-18(19-7-3-2-4-8-19)30-17-23(16-28-30)27(32)29-24-11-12-26(31)25(15-24)22-13-20-9-5-6-10-21(20)14-22/h2-11,13,15-18H,12,14H2,1H3,(H,29,32). The number of ketones is 1. The van der Waals surface area contributed by atoms with Crippen LogP contribution >= 0.6 is 0 Å². The number of fused-ring (bicyclic) bond motifs is 1. The van der Waals surface area contributed by atoms with Crippen LogP contribution in [-0.2, 0) is 11.2 Å². The molecule has 0 aliphatic heterocycles. The van der Waals surface area contributed by atoms with Crippen LogP contribution in [0.1, 0.15) is 46.4 Å². The summed E-state index contributed by atoms with van der Waals surface area (Å²) in [5.74, 6) is -0.164. The van der Waals surface area contributed by atoms with Crippen LogP contribution < -0.4 is 5.32 Å². The highest BCUT2D eigenvalue weighted by Gasteiger charge is 2.23. The van der Waals surface area contributed by atoms with E-state index >= 15 is 0 Å². The van der Waals surface area contributed by atoms with E-state index in [1.807, 2.05) is 49.4 Å². The molecule has 158 valence electrons. The fraction of sp³-hybridized carbons (Fsp3) is 0.148. The van der Waals surface area contributed by atoms with E-state index in [1.54, 1.807) is 29.2 Å². The summed E-state index contributed by atoms with van der Waals surface area (Å²) in [5.41, 5.74) is 6.29. The lowest BCUT2D eigenvalue weighted by atomic mass is 9.93. The first kappa shape index (κ1) is 19.9. The Kier molecular flexibility index (Phi) is 5.15. The predicted octanol–water partition coefficient (Wildman–Crippen LogP) is 4.65. The monoisotopic (exact) mass is 421 g/mol. The maximum Gasteiger partial charge on any atom is 0.258 e. The maximum atomic E-state index is 12.8. The van der Waals surface area contributed by atoms with E-state index in [-0.39, 0.29) is 24.2 Å². The fourth-order valence-corrected chi connectivity index (χ4v) is 4.17. The summed E-state index contributed by atoms with van der Waals surface area (Å²) < 4.78 is 1.78. The minimum Gasteiger partial charge on any atom is -0.322 e. The van der Waals surface area contributed by atoms with Gasteiger partial charge in [0, 0.05) is 23.9 Å². The minimum atomic E-state index is -0.239. The third-order valence-corrected chi connectivity index (χ3v) is 6.02. The Balaban J connectivity index is 1.31. The normalized spacial score (nSPS) is 16.0. The Morgan fingerprint density at radius 1 is 1.06 bits per heavy atom. The Hall–Kier alpha value is -3.99. The molecule has 0 saturated carbocycles. The molecule has 1 unspecified atom stereocenters. The van der Waals surface area contributed by atoms with Crippen LogP contribution in [0.4, 0.5) is 0 Å². The molecule has 0 saturated heterocycles. The maximum absolute atomic E-state index is 12.8. The van der Waals surface area contributed by atoms with Crippen LogP contribution in [0.15, 0.2) is 96.0 Å². The number of amides is 1. The molecular weight excluding hydrogens is 398 g/mol. The van der Waals surface area contributed by atoms with E-state index in [1.165, 1.54) is 5.56 Å². The van der Waals surface area contributed by atoms with Gasteiger partial charge >= 0.3 is 0 Å². The predicted molar refractivity (Wildman–Crippen MR) is 124 cm³/mol. The summed E-state index contributed by atoms with van der Waals surface area (Å²) in [6.07, 6.45) is 9.96. The van der Waals surface area contributed by atoms with Gasteiger partial charge < -0.3 is 5.32 Å². The summed E-state index contributed by atoms with van der Waals surface area (Å²) in [6.45, 7) is 2.04. The van der Waals surface area contributed by atoms with Gasteiger partial charge in [-0.15, -0.1) is 0 Å². The minimum absolute atomic E-state index is 0.0201. The number of carbonyl (C=O) groups excluding carboxylic acids is 2. The van der Waals surface area contributed by atoms with Gasteiger partial charge in [-0.1, -0.05) is 66.7 Å². The van der Waals surface area contributed by atoms with Gasteiger partial charge in [-0.25, -0.2) is 0 Å². The zero-order valence-corrected chi connectivity index (χ0v) is 17.8. The first-order valence-electron chi connectivity index (χ1n) is 10.7. The van der Waals surface area contributed by atoms with Gasteiger partial charge in [0.05, 0.1) is 17.8 Å². The summed E-state index contributed by atoms with van der Waals surface area (Å²) in [6, 6.07) is 18.2. The van der Waals surface area contributed by atoms with Crippen molar-refractivity contribution >= 4 is 17.8 Å². The van der Waals surface area contributed by atoms with E-state index < -0.39 is 0 Å². The largest absolute Gasteiger partial charge is 0.322 e. The fourth-order valence-electron chi connectivity index (χ4n) is 4.17. The highest BCUT2D eigenvalue weighted by molar-refractivity contribution is 6.04. The highest BCUT2D eigenvalue weighted by atomic mass is 16.1. The van der Waals surface area contributed by atoms with Crippen molar-refractivity contribution in [1.82, 2.24) is 15.1 Å². The number of carbonyl (C=O) groups is 2. The molecule has 1 N–H and O–H groups in total. The van der Waals surface area contributed by atoms with E-state index in [0.717, 1.165) is 23.1 Å². The van der Waals surface area contributed by atoms with Gasteiger partial charge in [-0.05, 0) is 41.7 Å². The van der Waals surface area contributed by atoms with Crippen LogP contribution in [0.25, 0.3) is 6.08 Å². The van der Waals surface area contributed by atoms with Crippen LogP contribution in [0.3, 0.4) is 0 Å². The van der Waals surface area contributed by atoms with E-state index in [4.69, 9.17) is 0 Å². The Morgan fingerprint density at radius 2 is 1.84 bits per heavy atom. The van der Waals surface area contributed by atoms with Crippen molar-refractivity contribution in [3.05, 3.63) is 118 Å². The molecule has 5 heteroatoms. The third kappa shape index (κ3) is 3.85. The number of hydrogen-bond acceptors (Lipinski definition) is 3. The van der Waals surface area contributed by atoms with Gasteiger partial charge in [-0.2, -0.15) is 5.10 Å².